The smallest absolute Gasteiger partial charge is 0.295 e. The number of amides is 1. The molecule has 0 aromatic heterocycles. The molecule has 4 rings (SSSR count). The van der Waals surface area contributed by atoms with E-state index in [4.69, 9.17) is 32.7 Å². The minimum atomic E-state index is -0.777. The molecule has 2 saturated heterocycles. The van der Waals surface area contributed by atoms with Crippen LogP contribution in [0.3, 0.4) is 0 Å². The van der Waals surface area contributed by atoms with Gasteiger partial charge in [0, 0.05) is 31.7 Å². The second-order valence-electron chi connectivity index (χ2n) is 8.85. The van der Waals surface area contributed by atoms with Crippen LogP contribution in [0.15, 0.2) is 48.0 Å². The maximum absolute atomic E-state index is 13.2. The molecule has 1 N–H and O–H groups in total. The van der Waals surface area contributed by atoms with E-state index < -0.39 is 17.7 Å². The van der Waals surface area contributed by atoms with Gasteiger partial charge in [0.2, 0.25) is 0 Å². The van der Waals surface area contributed by atoms with Crippen LogP contribution in [0.2, 0.25) is 10.0 Å². The molecule has 2 aromatic rings. The van der Waals surface area contributed by atoms with Crippen molar-refractivity contribution in [1.82, 2.24) is 9.80 Å². The van der Waals surface area contributed by atoms with E-state index in [1.807, 2.05) is 6.92 Å². The number of nitrogens with zero attached hydrogens (tertiary/aromatic N) is 2. The Labute approximate surface area is 221 Å². The molecule has 1 amide bonds. The second-order valence-corrected chi connectivity index (χ2v) is 9.66. The molecule has 1 unspecified atom stereocenters. The Morgan fingerprint density at radius 2 is 1.78 bits per heavy atom. The van der Waals surface area contributed by atoms with Crippen molar-refractivity contribution in [2.45, 2.75) is 25.8 Å². The van der Waals surface area contributed by atoms with Gasteiger partial charge in [-0.15, -0.1) is 0 Å². The standard InChI is InChI=1S/C27H30Cl2N2O5/c1-2-14-36-20-7-4-18(5-8-20)25(32)23-24(19-6-9-21(28)22(29)17-19)31(27(34)26(23)33)11-3-10-30-12-15-35-16-13-30/h4-9,17,24,32H,2-3,10-16H2,1H3. The lowest BCUT2D eigenvalue weighted by molar-refractivity contribution is -0.140. The number of likely N-dealkylation sites (tertiary alicyclic amines) is 1. The molecule has 0 spiro atoms. The van der Waals surface area contributed by atoms with Gasteiger partial charge in [-0.05, 0) is 54.8 Å². The maximum atomic E-state index is 13.2. The van der Waals surface area contributed by atoms with Gasteiger partial charge in [-0.25, -0.2) is 0 Å². The minimum absolute atomic E-state index is 0.0342. The van der Waals surface area contributed by atoms with Crippen molar-refractivity contribution in [2.75, 3.05) is 46.0 Å². The number of carbonyl (C=O) groups excluding carboxylic acids is 2. The molecule has 2 aliphatic rings. The quantitative estimate of drug-likeness (QED) is 0.280. The SMILES string of the molecule is CCCOc1ccc(C(O)=C2C(=O)C(=O)N(CCCN3CCOCC3)C2c2ccc(Cl)c(Cl)c2)cc1. The van der Waals surface area contributed by atoms with Crippen LogP contribution in [0, 0.1) is 0 Å². The Morgan fingerprint density at radius 1 is 1.06 bits per heavy atom. The zero-order valence-corrected chi connectivity index (χ0v) is 21.7. The summed E-state index contributed by atoms with van der Waals surface area (Å²) in [6.45, 7) is 6.79. The number of halogens is 2. The highest BCUT2D eigenvalue weighted by Crippen LogP contribution is 2.41. The molecule has 0 bridgehead atoms. The molecule has 1 atom stereocenters. The van der Waals surface area contributed by atoms with E-state index in [2.05, 4.69) is 4.90 Å². The first-order chi connectivity index (χ1) is 17.4. The summed E-state index contributed by atoms with van der Waals surface area (Å²) >= 11 is 12.4. The van der Waals surface area contributed by atoms with Crippen LogP contribution in [0.1, 0.15) is 36.9 Å². The van der Waals surface area contributed by atoms with Gasteiger partial charge >= 0.3 is 0 Å². The fourth-order valence-corrected chi connectivity index (χ4v) is 4.82. The first-order valence-electron chi connectivity index (χ1n) is 12.2. The number of benzene rings is 2. The average molecular weight is 533 g/mol. The Balaban J connectivity index is 1.66. The van der Waals surface area contributed by atoms with Crippen molar-refractivity contribution < 1.29 is 24.2 Å². The van der Waals surface area contributed by atoms with E-state index in [0.717, 1.165) is 26.1 Å². The predicted molar refractivity (Wildman–Crippen MR) is 140 cm³/mol. The third-order valence-electron chi connectivity index (χ3n) is 6.38. The summed E-state index contributed by atoms with van der Waals surface area (Å²) < 4.78 is 11.0. The van der Waals surface area contributed by atoms with E-state index in [1.165, 1.54) is 4.90 Å². The summed E-state index contributed by atoms with van der Waals surface area (Å²) in [5.74, 6) is -0.932. The summed E-state index contributed by atoms with van der Waals surface area (Å²) in [6, 6.07) is 11.1. The fourth-order valence-electron chi connectivity index (χ4n) is 4.51. The number of rotatable bonds is 9. The number of hydrogen-bond acceptors (Lipinski definition) is 6. The summed E-state index contributed by atoms with van der Waals surface area (Å²) in [4.78, 5) is 30.2. The summed E-state index contributed by atoms with van der Waals surface area (Å²) in [7, 11) is 0. The number of ketones is 1. The molecule has 2 fully saturated rings. The number of aliphatic hydroxyl groups excluding tert-OH is 1. The minimum Gasteiger partial charge on any atom is -0.507 e. The molecule has 0 radical (unpaired) electrons. The lowest BCUT2D eigenvalue weighted by Gasteiger charge is -2.29. The number of aliphatic hydroxyl groups is 1. The van der Waals surface area contributed by atoms with E-state index in [1.54, 1.807) is 42.5 Å². The van der Waals surface area contributed by atoms with E-state index >= 15 is 0 Å². The van der Waals surface area contributed by atoms with Gasteiger partial charge in [-0.2, -0.15) is 0 Å². The predicted octanol–water partition coefficient (Wildman–Crippen LogP) is 4.93. The van der Waals surface area contributed by atoms with Crippen molar-refractivity contribution in [1.29, 1.82) is 0 Å². The molecule has 36 heavy (non-hydrogen) atoms. The average Bonchev–Trinajstić information content (AvgIpc) is 3.14. The third kappa shape index (κ3) is 5.86. The Kier molecular flexibility index (Phi) is 8.90. The Bertz CT molecular complexity index is 1130. The van der Waals surface area contributed by atoms with Gasteiger partial charge in [0.1, 0.15) is 11.5 Å². The number of carbonyl (C=O) groups is 2. The van der Waals surface area contributed by atoms with Crippen LogP contribution in [0.5, 0.6) is 5.75 Å². The van der Waals surface area contributed by atoms with Gasteiger partial charge in [0.25, 0.3) is 11.7 Å². The fraction of sp³-hybridized carbons (Fsp3) is 0.407. The van der Waals surface area contributed by atoms with Gasteiger partial charge < -0.3 is 19.5 Å². The van der Waals surface area contributed by atoms with E-state index in [9.17, 15) is 14.7 Å². The Morgan fingerprint density at radius 3 is 2.44 bits per heavy atom. The number of hydrogen-bond donors (Lipinski definition) is 1. The van der Waals surface area contributed by atoms with E-state index in [-0.39, 0.29) is 11.3 Å². The highest BCUT2D eigenvalue weighted by Gasteiger charge is 2.46. The van der Waals surface area contributed by atoms with Crippen LogP contribution in [0.25, 0.3) is 5.76 Å². The van der Waals surface area contributed by atoms with Crippen LogP contribution in [0.4, 0.5) is 0 Å². The molecular formula is C27H30Cl2N2O5. The highest BCUT2D eigenvalue weighted by molar-refractivity contribution is 6.46. The van der Waals surface area contributed by atoms with Crippen LogP contribution in [-0.2, 0) is 14.3 Å². The van der Waals surface area contributed by atoms with Gasteiger partial charge in [-0.3, -0.25) is 14.5 Å². The number of morpholine rings is 1. The molecule has 9 heteroatoms. The van der Waals surface area contributed by atoms with Gasteiger partial charge in [0.05, 0.1) is 41.5 Å². The zero-order valence-electron chi connectivity index (χ0n) is 20.2. The van der Waals surface area contributed by atoms with Crippen molar-refractivity contribution in [2.24, 2.45) is 0 Å². The van der Waals surface area contributed by atoms with Crippen LogP contribution < -0.4 is 4.74 Å². The second kappa shape index (κ2) is 12.1. The van der Waals surface area contributed by atoms with Crippen molar-refractivity contribution in [3.63, 3.8) is 0 Å². The topological polar surface area (TPSA) is 79.3 Å². The molecule has 2 aromatic carbocycles. The zero-order chi connectivity index (χ0) is 25.7. The van der Waals surface area contributed by atoms with Crippen LogP contribution >= 0.6 is 23.2 Å². The first-order valence-corrected chi connectivity index (χ1v) is 12.9. The Hall–Kier alpha value is -2.58. The van der Waals surface area contributed by atoms with Crippen molar-refractivity contribution in [3.8, 4) is 5.75 Å². The molecule has 2 aliphatic heterocycles. The molecule has 0 saturated carbocycles. The van der Waals surface area contributed by atoms with Crippen molar-refractivity contribution in [3.05, 3.63) is 69.2 Å². The monoisotopic (exact) mass is 532 g/mol. The summed E-state index contributed by atoms with van der Waals surface area (Å²) in [6.07, 6.45) is 1.55. The normalized spacial score (nSPS) is 20.2. The first kappa shape index (κ1) is 26.5. The highest BCUT2D eigenvalue weighted by atomic mass is 35.5. The molecule has 0 aliphatic carbocycles. The molecule has 7 nitrogen and oxygen atoms in total. The van der Waals surface area contributed by atoms with Gasteiger partial charge in [-0.1, -0.05) is 36.2 Å². The van der Waals surface area contributed by atoms with Crippen LogP contribution in [-0.4, -0.2) is 72.6 Å². The summed E-state index contributed by atoms with van der Waals surface area (Å²) in [5.41, 5.74) is 1.07. The molecule has 192 valence electrons. The third-order valence-corrected chi connectivity index (χ3v) is 7.12. The molecule has 2 heterocycles. The molecular weight excluding hydrogens is 503 g/mol. The van der Waals surface area contributed by atoms with Gasteiger partial charge in [0.15, 0.2) is 0 Å². The lowest BCUT2D eigenvalue weighted by atomic mass is 9.95. The maximum Gasteiger partial charge on any atom is 0.295 e. The number of ether oxygens (including phenoxy) is 2. The van der Waals surface area contributed by atoms with E-state index in [0.29, 0.717) is 59.7 Å². The largest absolute Gasteiger partial charge is 0.507 e. The number of Topliss-reactive ketones (excluding diaryl/α,β-unsaturated/α-hetero) is 1. The summed E-state index contributed by atoms with van der Waals surface area (Å²) in [5, 5.41) is 11.9. The van der Waals surface area contributed by atoms with Crippen molar-refractivity contribution >= 4 is 40.7 Å². The lowest BCUT2D eigenvalue weighted by Crippen LogP contribution is -2.38.